The lowest BCUT2D eigenvalue weighted by Crippen LogP contribution is -2.37. The van der Waals surface area contributed by atoms with Gasteiger partial charge in [0.25, 0.3) is 0 Å². The third kappa shape index (κ3) is 3.21. The molecule has 0 saturated carbocycles. The number of esters is 1. The number of benzene rings is 1. The van der Waals surface area contributed by atoms with Crippen LogP contribution >= 0.6 is 11.3 Å². The van der Waals surface area contributed by atoms with Gasteiger partial charge in [0.2, 0.25) is 11.4 Å². The number of nitrogens with zero attached hydrogens (tertiary/aromatic N) is 5. The molecule has 5 heterocycles. The van der Waals surface area contributed by atoms with Crippen molar-refractivity contribution in [1.29, 1.82) is 0 Å². The van der Waals surface area contributed by atoms with Crippen molar-refractivity contribution in [1.82, 2.24) is 19.3 Å². The lowest BCUT2D eigenvalue weighted by molar-refractivity contribution is 0.0527. The predicted octanol–water partition coefficient (Wildman–Crippen LogP) is 3.02. The van der Waals surface area contributed by atoms with Crippen molar-refractivity contribution in [2.75, 3.05) is 44.7 Å². The van der Waals surface area contributed by atoms with E-state index in [4.69, 9.17) is 9.72 Å². The first kappa shape index (κ1) is 20.6. The zero-order valence-corrected chi connectivity index (χ0v) is 19.5. The minimum Gasteiger partial charge on any atom is -0.462 e. The predicted molar refractivity (Wildman–Crippen MR) is 129 cm³/mol. The molecular weight excluding hydrogens is 438 g/mol. The number of para-hydroxylation sites is 1. The molecule has 2 fully saturated rings. The second kappa shape index (κ2) is 7.78. The van der Waals surface area contributed by atoms with E-state index in [1.165, 1.54) is 17.8 Å². The summed E-state index contributed by atoms with van der Waals surface area (Å²) in [4.78, 5) is 40.9. The molecule has 0 spiro atoms. The smallest absolute Gasteiger partial charge is 0.345 e. The highest BCUT2D eigenvalue weighted by molar-refractivity contribution is 7.24. The fourth-order valence-corrected chi connectivity index (χ4v) is 6.51. The summed E-state index contributed by atoms with van der Waals surface area (Å²) in [5.41, 5.74) is 1.13. The van der Waals surface area contributed by atoms with Gasteiger partial charge in [-0.15, -0.1) is 11.3 Å². The highest BCUT2D eigenvalue weighted by Gasteiger charge is 2.37. The molecule has 1 aromatic carbocycles. The number of hydrogen-bond acceptors (Lipinski definition) is 8. The van der Waals surface area contributed by atoms with Crippen LogP contribution in [0.2, 0.25) is 0 Å². The molecule has 0 amide bonds. The number of rotatable bonds is 3. The Kier molecular flexibility index (Phi) is 4.84. The molecule has 4 aromatic rings. The van der Waals surface area contributed by atoms with E-state index in [0.29, 0.717) is 33.6 Å². The van der Waals surface area contributed by atoms with Crippen molar-refractivity contribution in [3.8, 4) is 0 Å². The minimum atomic E-state index is -0.606. The Balaban J connectivity index is 1.56. The Labute approximate surface area is 194 Å². The number of piperidine rings is 1. The van der Waals surface area contributed by atoms with Gasteiger partial charge in [0.15, 0.2) is 5.65 Å². The highest BCUT2D eigenvalue weighted by atomic mass is 32.1. The SMILES string of the molecule is CCOC(=O)c1c(=O)c2cnc(N3CC4CCN(C)CC4C3)nc2n2c1sc1ccccc12. The maximum Gasteiger partial charge on any atom is 0.345 e. The van der Waals surface area contributed by atoms with Crippen LogP contribution in [0.3, 0.4) is 0 Å². The summed E-state index contributed by atoms with van der Waals surface area (Å²) in [7, 11) is 2.18. The molecule has 0 radical (unpaired) electrons. The average molecular weight is 464 g/mol. The molecular formula is C24H25N5O3S. The van der Waals surface area contributed by atoms with E-state index in [1.807, 2.05) is 28.7 Å². The molecule has 9 heteroatoms. The Morgan fingerprint density at radius 3 is 2.88 bits per heavy atom. The Morgan fingerprint density at radius 2 is 2.03 bits per heavy atom. The van der Waals surface area contributed by atoms with E-state index < -0.39 is 5.97 Å². The Hall–Kier alpha value is -3.04. The van der Waals surface area contributed by atoms with Crippen LogP contribution in [0.5, 0.6) is 0 Å². The molecule has 170 valence electrons. The van der Waals surface area contributed by atoms with Crippen molar-refractivity contribution >= 4 is 49.3 Å². The second-order valence-corrected chi connectivity index (χ2v) is 10.0. The van der Waals surface area contributed by atoms with E-state index in [9.17, 15) is 9.59 Å². The number of hydrogen-bond donors (Lipinski definition) is 0. The first-order valence-electron chi connectivity index (χ1n) is 11.4. The normalized spacial score (nSPS) is 21.2. The van der Waals surface area contributed by atoms with Crippen LogP contribution in [-0.4, -0.2) is 65.1 Å². The van der Waals surface area contributed by atoms with Gasteiger partial charge < -0.3 is 14.5 Å². The Bertz CT molecular complexity index is 1460. The largest absolute Gasteiger partial charge is 0.462 e. The Morgan fingerprint density at radius 1 is 1.21 bits per heavy atom. The molecule has 33 heavy (non-hydrogen) atoms. The van der Waals surface area contributed by atoms with Crippen LogP contribution < -0.4 is 10.3 Å². The number of thiazole rings is 1. The van der Waals surface area contributed by atoms with Gasteiger partial charge in [-0.25, -0.2) is 9.78 Å². The van der Waals surface area contributed by atoms with Crippen LogP contribution in [0, 0.1) is 11.8 Å². The summed E-state index contributed by atoms with van der Waals surface area (Å²) >= 11 is 1.41. The second-order valence-electron chi connectivity index (χ2n) is 9.02. The van der Waals surface area contributed by atoms with Gasteiger partial charge in [0.1, 0.15) is 10.4 Å². The van der Waals surface area contributed by atoms with Crippen LogP contribution in [0.25, 0.3) is 26.1 Å². The monoisotopic (exact) mass is 463 g/mol. The summed E-state index contributed by atoms with van der Waals surface area (Å²) in [6, 6.07) is 7.87. The first-order valence-corrected chi connectivity index (χ1v) is 12.2. The zero-order valence-electron chi connectivity index (χ0n) is 18.7. The lowest BCUT2D eigenvalue weighted by atomic mass is 9.89. The fraction of sp³-hybridized carbons (Fsp3) is 0.417. The molecule has 0 N–H and O–H groups in total. The number of pyridine rings is 1. The first-order chi connectivity index (χ1) is 16.0. The van der Waals surface area contributed by atoms with E-state index >= 15 is 0 Å². The van der Waals surface area contributed by atoms with Gasteiger partial charge in [-0.1, -0.05) is 12.1 Å². The van der Waals surface area contributed by atoms with E-state index in [-0.39, 0.29) is 17.6 Å². The van der Waals surface area contributed by atoms with Crippen LogP contribution in [0.15, 0.2) is 35.3 Å². The van der Waals surface area contributed by atoms with Crippen molar-refractivity contribution in [2.24, 2.45) is 11.8 Å². The third-order valence-electron chi connectivity index (χ3n) is 6.94. The zero-order chi connectivity index (χ0) is 22.7. The topological polar surface area (TPSA) is 80.0 Å². The molecule has 2 unspecified atom stereocenters. The van der Waals surface area contributed by atoms with E-state index in [1.54, 1.807) is 13.1 Å². The van der Waals surface area contributed by atoms with E-state index in [0.717, 1.165) is 36.4 Å². The average Bonchev–Trinajstić information content (AvgIpc) is 3.40. The van der Waals surface area contributed by atoms with Crippen LogP contribution in [-0.2, 0) is 4.74 Å². The molecule has 2 aliphatic heterocycles. The standard InChI is InChI=1S/C24H25N5O3S/c1-3-32-23(31)19-20(30)16-10-25-24(28-12-14-8-9-27(2)11-15(14)13-28)26-21(16)29-17-6-4-5-7-18(17)33-22(19)29/h4-7,10,14-15H,3,8-9,11-13H2,1-2H3. The molecule has 8 nitrogen and oxygen atoms in total. The number of carbonyl (C=O) groups excluding carboxylic acids is 1. The number of ether oxygens (including phenoxy) is 1. The maximum absolute atomic E-state index is 13.4. The van der Waals surface area contributed by atoms with Gasteiger partial charge >= 0.3 is 5.97 Å². The number of likely N-dealkylation sites (tertiary alicyclic amines) is 1. The molecule has 0 bridgehead atoms. The number of fused-ring (bicyclic) bond motifs is 6. The molecule has 3 aromatic heterocycles. The lowest BCUT2D eigenvalue weighted by Gasteiger charge is -2.31. The van der Waals surface area contributed by atoms with Crippen molar-refractivity contribution in [3.63, 3.8) is 0 Å². The summed E-state index contributed by atoms with van der Waals surface area (Å²) in [5, 5.41) is 0.333. The summed E-state index contributed by atoms with van der Waals surface area (Å²) in [5.74, 6) is 1.30. The number of anilines is 1. The van der Waals surface area contributed by atoms with Gasteiger partial charge in [-0.05, 0) is 50.9 Å². The molecule has 2 atom stereocenters. The van der Waals surface area contributed by atoms with E-state index in [2.05, 4.69) is 21.8 Å². The molecule has 2 aliphatic rings. The van der Waals surface area contributed by atoms with Gasteiger partial charge in [-0.2, -0.15) is 4.98 Å². The molecule has 6 rings (SSSR count). The summed E-state index contributed by atoms with van der Waals surface area (Å²) in [6.45, 7) is 6.02. The highest BCUT2D eigenvalue weighted by Crippen LogP contribution is 2.34. The van der Waals surface area contributed by atoms with Gasteiger partial charge in [0, 0.05) is 25.8 Å². The summed E-state index contributed by atoms with van der Waals surface area (Å²) < 4.78 is 8.13. The van der Waals surface area contributed by atoms with Crippen molar-refractivity contribution in [3.05, 3.63) is 46.2 Å². The molecule has 2 saturated heterocycles. The van der Waals surface area contributed by atoms with Crippen LogP contribution in [0.1, 0.15) is 23.7 Å². The van der Waals surface area contributed by atoms with Crippen LogP contribution in [0.4, 0.5) is 5.95 Å². The van der Waals surface area contributed by atoms with Crippen molar-refractivity contribution in [2.45, 2.75) is 13.3 Å². The van der Waals surface area contributed by atoms with Crippen molar-refractivity contribution < 1.29 is 9.53 Å². The minimum absolute atomic E-state index is 0.0529. The number of carbonyl (C=O) groups is 1. The third-order valence-corrected chi connectivity index (χ3v) is 8.08. The number of aromatic nitrogens is 3. The maximum atomic E-state index is 13.4. The van der Waals surface area contributed by atoms with Gasteiger partial charge in [-0.3, -0.25) is 9.20 Å². The summed E-state index contributed by atoms with van der Waals surface area (Å²) in [6.07, 6.45) is 2.77. The van der Waals surface area contributed by atoms with Gasteiger partial charge in [0.05, 0.1) is 22.2 Å². The molecule has 0 aliphatic carbocycles. The quantitative estimate of drug-likeness (QED) is 0.432. The fourth-order valence-electron chi connectivity index (χ4n) is 5.34.